The van der Waals surface area contributed by atoms with Crippen LogP contribution in [0.3, 0.4) is 0 Å². The summed E-state index contributed by atoms with van der Waals surface area (Å²) < 4.78 is 15.3. The molecular weight excluding hydrogens is 232 g/mol. The van der Waals surface area contributed by atoms with Crippen molar-refractivity contribution in [2.45, 2.75) is 6.92 Å². The van der Waals surface area contributed by atoms with E-state index in [2.05, 4.69) is 0 Å². The highest BCUT2D eigenvalue weighted by Crippen LogP contribution is 2.28. The van der Waals surface area contributed by atoms with Gasteiger partial charge in [-0.05, 0) is 31.2 Å². The quantitative estimate of drug-likeness (QED) is 0.607. The molecule has 4 heteroatoms. The predicted octanol–water partition coefficient (Wildman–Crippen LogP) is 2.55. The molecule has 1 aliphatic rings. The van der Waals surface area contributed by atoms with Gasteiger partial charge in [0.25, 0.3) is 0 Å². The highest BCUT2D eigenvalue weighted by Gasteiger charge is 2.18. The van der Waals surface area contributed by atoms with Crippen molar-refractivity contribution in [3.8, 4) is 11.5 Å². The number of hydrogen-bond acceptors (Lipinski definition) is 4. The second kappa shape index (κ2) is 4.96. The number of cyclic esters (lactones) is 1. The zero-order valence-corrected chi connectivity index (χ0v) is 10.5. The van der Waals surface area contributed by atoms with Crippen LogP contribution in [0.15, 0.2) is 35.6 Å². The molecule has 4 nitrogen and oxygen atoms in total. The number of carbonyl (C=O) groups excluding carboxylic acids is 1. The molecule has 0 aliphatic carbocycles. The molecule has 1 aromatic carbocycles. The molecule has 0 radical (unpaired) electrons. The Kier molecular flexibility index (Phi) is 3.37. The van der Waals surface area contributed by atoms with E-state index in [1.807, 2.05) is 12.1 Å². The molecule has 94 valence electrons. The molecule has 1 aliphatic heterocycles. The van der Waals surface area contributed by atoms with Crippen LogP contribution < -0.4 is 9.47 Å². The fraction of sp³-hybridized carbons (Fsp3) is 0.214. The number of ether oxygens (including phenoxy) is 3. The van der Waals surface area contributed by atoms with Crippen LogP contribution >= 0.6 is 0 Å². The first-order valence-corrected chi connectivity index (χ1v) is 5.48. The molecule has 0 saturated heterocycles. The third-order valence-corrected chi connectivity index (χ3v) is 2.60. The van der Waals surface area contributed by atoms with Crippen molar-refractivity contribution >= 4 is 12.0 Å². The number of rotatable bonds is 3. The Labute approximate surface area is 105 Å². The number of allylic oxidation sites excluding steroid dienone is 1. The summed E-state index contributed by atoms with van der Waals surface area (Å²) >= 11 is 0. The van der Waals surface area contributed by atoms with E-state index in [0.717, 1.165) is 5.56 Å². The monoisotopic (exact) mass is 246 g/mol. The largest absolute Gasteiger partial charge is 0.497 e. The van der Waals surface area contributed by atoms with Crippen molar-refractivity contribution < 1.29 is 19.0 Å². The van der Waals surface area contributed by atoms with Crippen LogP contribution in [0, 0.1) is 0 Å². The molecule has 0 unspecified atom stereocenters. The normalized spacial score (nSPS) is 16.5. The minimum Gasteiger partial charge on any atom is -0.497 e. The van der Waals surface area contributed by atoms with Gasteiger partial charge in [0.1, 0.15) is 17.3 Å². The molecule has 1 aromatic rings. The summed E-state index contributed by atoms with van der Waals surface area (Å²) in [6.07, 6.45) is 3.43. The van der Waals surface area contributed by atoms with Crippen LogP contribution in [-0.4, -0.2) is 20.2 Å². The number of methoxy groups -OCH3 is 2. The van der Waals surface area contributed by atoms with E-state index in [1.54, 1.807) is 39.4 Å². The summed E-state index contributed by atoms with van der Waals surface area (Å²) in [5, 5.41) is 0. The minimum atomic E-state index is -0.342. The van der Waals surface area contributed by atoms with Crippen molar-refractivity contribution in [3.05, 3.63) is 41.2 Å². The third kappa shape index (κ3) is 2.37. The first-order chi connectivity index (χ1) is 8.63. The van der Waals surface area contributed by atoms with Crippen molar-refractivity contribution in [2.24, 2.45) is 0 Å². The van der Waals surface area contributed by atoms with Gasteiger partial charge in [0.05, 0.1) is 19.8 Å². The van der Waals surface area contributed by atoms with Gasteiger partial charge in [-0.15, -0.1) is 0 Å². The lowest BCUT2D eigenvalue weighted by Crippen LogP contribution is -1.97. The van der Waals surface area contributed by atoms with Gasteiger partial charge >= 0.3 is 5.97 Å². The van der Waals surface area contributed by atoms with E-state index in [1.165, 1.54) is 0 Å². The van der Waals surface area contributed by atoms with Gasteiger partial charge < -0.3 is 14.2 Å². The molecule has 0 aromatic heterocycles. The lowest BCUT2D eigenvalue weighted by Gasteiger charge is -2.07. The zero-order chi connectivity index (χ0) is 13.1. The summed E-state index contributed by atoms with van der Waals surface area (Å²) in [5.74, 6) is 1.60. The predicted molar refractivity (Wildman–Crippen MR) is 67.4 cm³/mol. The fourth-order valence-corrected chi connectivity index (χ4v) is 1.72. The van der Waals surface area contributed by atoms with Crippen molar-refractivity contribution in [2.75, 3.05) is 14.2 Å². The Morgan fingerprint density at radius 1 is 1.22 bits per heavy atom. The molecule has 0 saturated carbocycles. The highest BCUT2D eigenvalue weighted by molar-refractivity contribution is 6.00. The second-order valence-corrected chi connectivity index (χ2v) is 3.85. The SMILES string of the molecule is COc1ccc(/C=C2/C=C(C)OC2=O)c(OC)c1. The van der Waals surface area contributed by atoms with Crippen LogP contribution in [0.5, 0.6) is 11.5 Å². The molecule has 1 heterocycles. The number of hydrogen-bond donors (Lipinski definition) is 0. The zero-order valence-electron chi connectivity index (χ0n) is 10.5. The lowest BCUT2D eigenvalue weighted by atomic mass is 10.1. The summed E-state index contributed by atoms with van der Waals surface area (Å²) in [5.41, 5.74) is 1.31. The minimum absolute atomic E-state index is 0.342. The molecule has 0 atom stereocenters. The third-order valence-electron chi connectivity index (χ3n) is 2.60. The highest BCUT2D eigenvalue weighted by atomic mass is 16.5. The van der Waals surface area contributed by atoms with Crippen LogP contribution in [0.25, 0.3) is 6.08 Å². The van der Waals surface area contributed by atoms with Gasteiger partial charge in [-0.3, -0.25) is 0 Å². The van der Waals surface area contributed by atoms with E-state index in [9.17, 15) is 4.79 Å². The first-order valence-electron chi connectivity index (χ1n) is 5.48. The van der Waals surface area contributed by atoms with E-state index in [-0.39, 0.29) is 5.97 Å². The Hall–Kier alpha value is -2.23. The Bertz CT molecular complexity index is 541. The lowest BCUT2D eigenvalue weighted by molar-refractivity contribution is -0.133. The second-order valence-electron chi connectivity index (χ2n) is 3.85. The number of carbonyl (C=O) groups is 1. The van der Waals surface area contributed by atoms with Crippen molar-refractivity contribution in [1.29, 1.82) is 0 Å². The topological polar surface area (TPSA) is 44.8 Å². The first kappa shape index (κ1) is 12.2. The van der Waals surface area contributed by atoms with Crippen LogP contribution in [0.4, 0.5) is 0 Å². The Morgan fingerprint density at radius 3 is 2.56 bits per heavy atom. The summed E-state index contributed by atoms with van der Waals surface area (Å²) in [4.78, 5) is 11.5. The van der Waals surface area contributed by atoms with Gasteiger partial charge in [0.2, 0.25) is 0 Å². The standard InChI is InChI=1S/C14H14O4/c1-9-6-11(14(15)18-9)7-10-4-5-12(16-2)8-13(10)17-3/h4-8H,1-3H3/b11-7-. The summed E-state index contributed by atoms with van der Waals surface area (Å²) in [7, 11) is 3.16. The van der Waals surface area contributed by atoms with Crippen LogP contribution in [-0.2, 0) is 9.53 Å². The molecule has 0 fully saturated rings. The molecule has 0 spiro atoms. The average Bonchev–Trinajstić information content (AvgIpc) is 2.68. The average molecular weight is 246 g/mol. The van der Waals surface area contributed by atoms with Crippen molar-refractivity contribution in [3.63, 3.8) is 0 Å². The molecule has 0 amide bonds. The molecule has 0 N–H and O–H groups in total. The van der Waals surface area contributed by atoms with Crippen LogP contribution in [0.1, 0.15) is 12.5 Å². The molecular formula is C14H14O4. The maximum Gasteiger partial charge on any atom is 0.343 e. The van der Waals surface area contributed by atoms with Gasteiger partial charge in [0, 0.05) is 11.6 Å². The number of esters is 1. The molecule has 18 heavy (non-hydrogen) atoms. The summed E-state index contributed by atoms with van der Waals surface area (Å²) in [6.45, 7) is 1.74. The number of benzene rings is 1. The smallest absolute Gasteiger partial charge is 0.343 e. The van der Waals surface area contributed by atoms with Gasteiger partial charge in [0.15, 0.2) is 0 Å². The Morgan fingerprint density at radius 2 is 2.00 bits per heavy atom. The molecule has 2 rings (SSSR count). The maximum atomic E-state index is 11.5. The van der Waals surface area contributed by atoms with Crippen molar-refractivity contribution in [1.82, 2.24) is 0 Å². The van der Waals surface area contributed by atoms with E-state index < -0.39 is 0 Å². The van der Waals surface area contributed by atoms with E-state index in [4.69, 9.17) is 14.2 Å². The van der Waals surface area contributed by atoms with Gasteiger partial charge in [-0.25, -0.2) is 4.79 Å². The summed E-state index contributed by atoms with van der Waals surface area (Å²) in [6, 6.07) is 5.41. The van der Waals surface area contributed by atoms with Gasteiger partial charge in [-0.2, -0.15) is 0 Å². The maximum absolute atomic E-state index is 11.5. The van der Waals surface area contributed by atoms with Gasteiger partial charge in [-0.1, -0.05) is 0 Å². The fourth-order valence-electron chi connectivity index (χ4n) is 1.72. The molecule has 0 bridgehead atoms. The Balaban J connectivity index is 2.40. The van der Waals surface area contributed by atoms with Crippen LogP contribution in [0.2, 0.25) is 0 Å². The van der Waals surface area contributed by atoms with E-state index in [0.29, 0.717) is 22.8 Å². The van der Waals surface area contributed by atoms with E-state index >= 15 is 0 Å².